The Morgan fingerprint density at radius 1 is 1.20 bits per heavy atom. The number of carbonyl (C=O) groups is 1. The largest absolute Gasteiger partial charge is 0.486 e. The minimum Gasteiger partial charge on any atom is -0.486 e. The number of hydrogen-bond donors (Lipinski definition) is 1. The molecule has 0 saturated carbocycles. The summed E-state index contributed by atoms with van der Waals surface area (Å²) in [6, 6.07) is 10.5. The molecule has 4 nitrogen and oxygen atoms in total. The van der Waals surface area contributed by atoms with E-state index in [9.17, 15) is 13.6 Å². The number of ether oxygens (including phenoxy) is 1. The number of aromatic nitrogens is 1. The van der Waals surface area contributed by atoms with Crippen LogP contribution in [0.4, 0.5) is 14.5 Å². The van der Waals surface area contributed by atoms with E-state index >= 15 is 0 Å². The molecule has 0 fully saturated rings. The monoisotopic (exact) mass is 360 g/mol. The molecule has 0 aliphatic rings. The van der Waals surface area contributed by atoms with E-state index in [0.717, 1.165) is 17.7 Å². The molecule has 1 amide bonds. The molecule has 1 aromatic heterocycles. The maximum Gasteiger partial charge on any atom is 0.275 e. The number of nitrogens with zero attached hydrogens (tertiary/aromatic N) is 1. The first-order valence-corrected chi connectivity index (χ1v) is 8.29. The number of thiazole rings is 1. The first kappa shape index (κ1) is 17.0. The zero-order chi connectivity index (χ0) is 17.8. The standard InChI is InChI=1S/C18H14F2N2O2S/c1-11-2-5-13(6-3-11)24-9-17-21-16(10-25-17)18(23)22-15-7-4-12(19)8-14(15)20/h2-8,10H,9H2,1H3,(H,22,23). The molecule has 3 rings (SSSR count). The lowest BCUT2D eigenvalue weighted by Crippen LogP contribution is -2.13. The minimum absolute atomic E-state index is 0.100. The molecule has 0 radical (unpaired) electrons. The SMILES string of the molecule is Cc1ccc(OCc2nc(C(=O)Nc3ccc(F)cc3F)cs2)cc1. The Bertz CT molecular complexity index is 894. The third kappa shape index (κ3) is 4.39. The maximum absolute atomic E-state index is 13.6. The third-order valence-corrected chi connectivity index (χ3v) is 4.17. The molecular weight excluding hydrogens is 346 g/mol. The molecular formula is C18H14F2N2O2S. The van der Waals surface area contributed by atoms with E-state index in [-0.39, 0.29) is 18.0 Å². The van der Waals surface area contributed by atoms with Crippen molar-refractivity contribution in [2.45, 2.75) is 13.5 Å². The number of rotatable bonds is 5. The fraction of sp³-hybridized carbons (Fsp3) is 0.111. The highest BCUT2D eigenvalue weighted by Gasteiger charge is 2.14. The second kappa shape index (κ2) is 7.40. The topological polar surface area (TPSA) is 51.2 Å². The zero-order valence-electron chi connectivity index (χ0n) is 13.3. The van der Waals surface area contributed by atoms with E-state index in [2.05, 4.69) is 10.3 Å². The van der Waals surface area contributed by atoms with Gasteiger partial charge in [0.15, 0.2) is 0 Å². The predicted octanol–water partition coefficient (Wildman–Crippen LogP) is 4.56. The van der Waals surface area contributed by atoms with Crippen LogP contribution in [0.15, 0.2) is 47.8 Å². The second-order valence-corrected chi connectivity index (χ2v) is 6.25. The van der Waals surface area contributed by atoms with Crippen LogP contribution < -0.4 is 10.1 Å². The van der Waals surface area contributed by atoms with Gasteiger partial charge < -0.3 is 10.1 Å². The highest BCUT2D eigenvalue weighted by atomic mass is 32.1. The summed E-state index contributed by atoms with van der Waals surface area (Å²) in [6.07, 6.45) is 0. The van der Waals surface area contributed by atoms with Crippen LogP contribution in [0.25, 0.3) is 0 Å². The van der Waals surface area contributed by atoms with Crippen LogP contribution in [0.3, 0.4) is 0 Å². The molecule has 2 aromatic carbocycles. The number of anilines is 1. The number of carbonyl (C=O) groups excluding carboxylic acids is 1. The van der Waals surface area contributed by atoms with Gasteiger partial charge in [-0.1, -0.05) is 17.7 Å². The number of amides is 1. The molecule has 1 heterocycles. The fourth-order valence-electron chi connectivity index (χ4n) is 2.04. The Kier molecular flexibility index (Phi) is 5.04. The van der Waals surface area contributed by atoms with E-state index in [1.807, 2.05) is 31.2 Å². The van der Waals surface area contributed by atoms with Gasteiger partial charge >= 0.3 is 0 Å². The Balaban J connectivity index is 1.62. The molecule has 0 atom stereocenters. The Labute approximate surface area is 147 Å². The smallest absolute Gasteiger partial charge is 0.275 e. The normalized spacial score (nSPS) is 10.5. The second-order valence-electron chi connectivity index (χ2n) is 5.31. The van der Waals surface area contributed by atoms with Crippen molar-refractivity contribution in [2.24, 2.45) is 0 Å². The summed E-state index contributed by atoms with van der Waals surface area (Å²) in [5.74, 6) is -1.41. The molecule has 25 heavy (non-hydrogen) atoms. The lowest BCUT2D eigenvalue weighted by Gasteiger charge is -2.05. The van der Waals surface area contributed by atoms with Crippen LogP contribution in [0, 0.1) is 18.6 Å². The fourth-order valence-corrected chi connectivity index (χ4v) is 2.72. The Hall–Kier alpha value is -2.80. The summed E-state index contributed by atoms with van der Waals surface area (Å²) >= 11 is 1.27. The lowest BCUT2D eigenvalue weighted by atomic mass is 10.2. The number of nitrogens with one attached hydrogen (secondary N) is 1. The average Bonchev–Trinajstić information content (AvgIpc) is 3.06. The van der Waals surface area contributed by atoms with Crippen molar-refractivity contribution < 1.29 is 18.3 Å². The van der Waals surface area contributed by atoms with Crippen molar-refractivity contribution in [1.29, 1.82) is 0 Å². The molecule has 3 aromatic rings. The highest BCUT2D eigenvalue weighted by molar-refractivity contribution is 7.09. The van der Waals surface area contributed by atoms with Gasteiger partial charge in [-0.25, -0.2) is 13.8 Å². The van der Waals surface area contributed by atoms with Crippen molar-refractivity contribution in [3.63, 3.8) is 0 Å². The molecule has 128 valence electrons. The van der Waals surface area contributed by atoms with Gasteiger partial charge in [0.25, 0.3) is 5.91 Å². The summed E-state index contributed by atoms with van der Waals surface area (Å²) in [7, 11) is 0. The zero-order valence-corrected chi connectivity index (χ0v) is 14.1. The van der Waals surface area contributed by atoms with Crippen LogP contribution in [0.1, 0.15) is 21.1 Å². The molecule has 0 aliphatic carbocycles. The van der Waals surface area contributed by atoms with Crippen LogP contribution in [0.2, 0.25) is 0 Å². The summed E-state index contributed by atoms with van der Waals surface area (Å²) in [6.45, 7) is 2.21. The first-order valence-electron chi connectivity index (χ1n) is 7.41. The van der Waals surface area contributed by atoms with Gasteiger partial charge in [-0.3, -0.25) is 4.79 Å². The van der Waals surface area contributed by atoms with Gasteiger partial charge in [0.2, 0.25) is 0 Å². The third-order valence-electron chi connectivity index (χ3n) is 3.35. The average molecular weight is 360 g/mol. The molecule has 0 unspecified atom stereocenters. The highest BCUT2D eigenvalue weighted by Crippen LogP contribution is 2.19. The van der Waals surface area contributed by atoms with Crippen LogP contribution in [-0.2, 0) is 6.61 Å². The van der Waals surface area contributed by atoms with Crippen molar-refractivity contribution in [2.75, 3.05) is 5.32 Å². The summed E-state index contributed by atoms with van der Waals surface area (Å²) in [5.41, 5.74) is 1.18. The molecule has 1 N–H and O–H groups in total. The van der Waals surface area contributed by atoms with Crippen molar-refractivity contribution in [1.82, 2.24) is 4.98 Å². The van der Waals surface area contributed by atoms with E-state index in [0.29, 0.717) is 16.8 Å². The van der Waals surface area contributed by atoms with Crippen LogP contribution in [-0.4, -0.2) is 10.9 Å². The van der Waals surface area contributed by atoms with Gasteiger partial charge in [0.1, 0.15) is 34.7 Å². The van der Waals surface area contributed by atoms with E-state index < -0.39 is 17.5 Å². The predicted molar refractivity (Wildman–Crippen MR) is 91.9 cm³/mol. The molecule has 0 spiro atoms. The summed E-state index contributed by atoms with van der Waals surface area (Å²) in [4.78, 5) is 16.3. The first-order chi connectivity index (χ1) is 12.0. The summed E-state index contributed by atoms with van der Waals surface area (Å²) in [5, 5.41) is 4.55. The molecule has 0 saturated heterocycles. The van der Waals surface area contributed by atoms with Gasteiger partial charge in [0.05, 0.1) is 5.69 Å². The van der Waals surface area contributed by atoms with Crippen LogP contribution in [0.5, 0.6) is 5.75 Å². The van der Waals surface area contributed by atoms with Gasteiger partial charge in [-0.15, -0.1) is 11.3 Å². The van der Waals surface area contributed by atoms with Gasteiger partial charge in [0, 0.05) is 11.4 Å². The molecule has 0 aliphatic heterocycles. The lowest BCUT2D eigenvalue weighted by molar-refractivity contribution is 0.102. The number of halogens is 2. The Morgan fingerprint density at radius 3 is 2.68 bits per heavy atom. The summed E-state index contributed by atoms with van der Waals surface area (Å²) < 4.78 is 32.1. The quantitative estimate of drug-likeness (QED) is 0.726. The van der Waals surface area contributed by atoms with E-state index in [4.69, 9.17) is 4.74 Å². The molecule has 7 heteroatoms. The van der Waals surface area contributed by atoms with E-state index in [1.54, 1.807) is 5.38 Å². The maximum atomic E-state index is 13.6. The Morgan fingerprint density at radius 2 is 1.96 bits per heavy atom. The van der Waals surface area contributed by atoms with E-state index in [1.165, 1.54) is 11.3 Å². The number of benzene rings is 2. The van der Waals surface area contributed by atoms with Crippen molar-refractivity contribution in [3.05, 3.63) is 75.7 Å². The van der Waals surface area contributed by atoms with Gasteiger partial charge in [-0.05, 0) is 31.2 Å². The van der Waals surface area contributed by atoms with Crippen molar-refractivity contribution in [3.8, 4) is 5.75 Å². The minimum atomic E-state index is -0.841. The molecule has 0 bridgehead atoms. The van der Waals surface area contributed by atoms with Gasteiger partial charge in [-0.2, -0.15) is 0 Å². The number of hydrogen-bond acceptors (Lipinski definition) is 4. The van der Waals surface area contributed by atoms with Crippen LogP contribution >= 0.6 is 11.3 Å². The number of aryl methyl sites for hydroxylation is 1. The van der Waals surface area contributed by atoms with Crippen molar-refractivity contribution >= 4 is 22.9 Å².